The van der Waals surface area contributed by atoms with Gasteiger partial charge in [-0.25, -0.2) is 0 Å². The van der Waals surface area contributed by atoms with Crippen molar-refractivity contribution in [3.05, 3.63) is 11.8 Å². The molecule has 2 fully saturated rings. The van der Waals surface area contributed by atoms with Crippen molar-refractivity contribution in [3.63, 3.8) is 0 Å². The van der Waals surface area contributed by atoms with Crippen molar-refractivity contribution in [3.8, 4) is 0 Å². The summed E-state index contributed by atoms with van der Waals surface area (Å²) in [6, 6.07) is 0. The summed E-state index contributed by atoms with van der Waals surface area (Å²) in [5, 5.41) is 11.6. The molecule has 0 spiro atoms. The van der Waals surface area contributed by atoms with E-state index >= 15 is 0 Å². The van der Waals surface area contributed by atoms with Crippen LogP contribution in [0.5, 0.6) is 0 Å². The Morgan fingerprint density at radius 1 is 1.12 bits per heavy atom. The SMILES string of the molecule is C1CCC(c2nnc(CC3CNC3)o2)CC1. The number of nitrogens with one attached hydrogen (secondary N) is 1. The van der Waals surface area contributed by atoms with E-state index in [0.717, 1.165) is 31.3 Å². The van der Waals surface area contributed by atoms with Gasteiger partial charge in [-0.15, -0.1) is 10.2 Å². The number of rotatable bonds is 3. The summed E-state index contributed by atoms with van der Waals surface area (Å²) >= 11 is 0. The minimum atomic E-state index is 0.537. The van der Waals surface area contributed by atoms with Crippen LogP contribution in [0.2, 0.25) is 0 Å². The summed E-state index contributed by atoms with van der Waals surface area (Å²) in [4.78, 5) is 0. The first kappa shape index (κ1) is 10.3. The van der Waals surface area contributed by atoms with E-state index < -0.39 is 0 Å². The number of hydrogen-bond acceptors (Lipinski definition) is 4. The summed E-state index contributed by atoms with van der Waals surface area (Å²) in [6.45, 7) is 2.20. The minimum absolute atomic E-state index is 0.537. The minimum Gasteiger partial charge on any atom is -0.425 e. The molecule has 2 heterocycles. The molecule has 1 aromatic rings. The standard InChI is InChI=1S/C12H19N3O/c1-2-4-10(5-3-1)12-15-14-11(16-12)6-9-7-13-8-9/h9-10,13H,1-8H2. The first-order valence-electron chi connectivity index (χ1n) is 6.45. The molecule has 0 aromatic carbocycles. The zero-order valence-electron chi connectivity index (χ0n) is 9.61. The van der Waals surface area contributed by atoms with Crippen molar-refractivity contribution in [2.75, 3.05) is 13.1 Å². The van der Waals surface area contributed by atoms with E-state index in [1.165, 1.54) is 32.1 Å². The molecule has 1 saturated carbocycles. The van der Waals surface area contributed by atoms with Gasteiger partial charge >= 0.3 is 0 Å². The second-order valence-electron chi connectivity index (χ2n) is 5.10. The van der Waals surface area contributed by atoms with Crippen molar-refractivity contribution >= 4 is 0 Å². The topological polar surface area (TPSA) is 51.0 Å². The van der Waals surface area contributed by atoms with Gasteiger partial charge in [-0.05, 0) is 31.8 Å². The average molecular weight is 221 g/mol. The van der Waals surface area contributed by atoms with Crippen LogP contribution >= 0.6 is 0 Å². The molecular formula is C12H19N3O. The third kappa shape index (κ3) is 2.12. The number of hydrogen-bond donors (Lipinski definition) is 1. The third-order valence-corrected chi connectivity index (χ3v) is 3.77. The van der Waals surface area contributed by atoms with E-state index in [2.05, 4.69) is 15.5 Å². The molecule has 0 unspecified atom stereocenters. The van der Waals surface area contributed by atoms with Gasteiger partial charge in [0, 0.05) is 12.3 Å². The molecule has 1 aromatic heterocycles. The maximum atomic E-state index is 5.78. The van der Waals surface area contributed by atoms with E-state index in [-0.39, 0.29) is 0 Å². The zero-order chi connectivity index (χ0) is 10.8. The quantitative estimate of drug-likeness (QED) is 0.846. The molecule has 4 nitrogen and oxygen atoms in total. The largest absolute Gasteiger partial charge is 0.425 e. The van der Waals surface area contributed by atoms with Crippen molar-refractivity contribution in [2.45, 2.75) is 44.4 Å². The Labute approximate surface area is 95.8 Å². The lowest BCUT2D eigenvalue weighted by Crippen LogP contribution is -2.43. The summed E-state index contributed by atoms with van der Waals surface area (Å²) in [7, 11) is 0. The average Bonchev–Trinajstić information content (AvgIpc) is 2.73. The normalized spacial score (nSPS) is 23.2. The highest BCUT2D eigenvalue weighted by Gasteiger charge is 2.23. The predicted octanol–water partition coefficient (Wildman–Crippen LogP) is 1.88. The molecule has 88 valence electrons. The Balaban J connectivity index is 1.61. The summed E-state index contributed by atoms with van der Waals surface area (Å²) in [5.74, 6) is 2.98. The van der Waals surface area contributed by atoms with Crippen LogP contribution < -0.4 is 5.32 Å². The molecule has 3 rings (SSSR count). The highest BCUT2D eigenvalue weighted by molar-refractivity contribution is 4.94. The third-order valence-electron chi connectivity index (χ3n) is 3.77. The Kier molecular flexibility index (Phi) is 2.91. The van der Waals surface area contributed by atoms with Gasteiger partial charge in [0.15, 0.2) is 0 Å². The fourth-order valence-electron chi connectivity index (χ4n) is 2.60. The lowest BCUT2D eigenvalue weighted by Gasteiger charge is -2.25. The van der Waals surface area contributed by atoms with Gasteiger partial charge in [-0.3, -0.25) is 0 Å². The highest BCUT2D eigenvalue weighted by atomic mass is 16.4. The Morgan fingerprint density at radius 2 is 1.94 bits per heavy atom. The lowest BCUT2D eigenvalue weighted by molar-refractivity contribution is 0.301. The molecule has 1 saturated heterocycles. The first-order valence-corrected chi connectivity index (χ1v) is 6.45. The van der Waals surface area contributed by atoms with E-state index in [1.54, 1.807) is 0 Å². The highest BCUT2D eigenvalue weighted by Crippen LogP contribution is 2.31. The number of nitrogens with zero attached hydrogens (tertiary/aromatic N) is 2. The van der Waals surface area contributed by atoms with Crippen molar-refractivity contribution < 1.29 is 4.42 Å². The lowest BCUT2D eigenvalue weighted by atomic mass is 9.89. The summed E-state index contributed by atoms with van der Waals surface area (Å²) in [5.41, 5.74) is 0. The predicted molar refractivity (Wildman–Crippen MR) is 60.2 cm³/mol. The monoisotopic (exact) mass is 221 g/mol. The summed E-state index contributed by atoms with van der Waals surface area (Å²) < 4.78 is 5.78. The van der Waals surface area contributed by atoms with Crippen molar-refractivity contribution in [2.24, 2.45) is 5.92 Å². The second-order valence-corrected chi connectivity index (χ2v) is 5.10. The van der Waals surface area contributed by atoms with Crippen molar-refractivity contribution in [1.82, 2.24) is 15.5 Å². The Morgan fingerprint density at radius 3 is 2.62 bits per heavy atom. The van der Waals surface area contributed by atoms with Crippen LogP contribution in [0, 0.1) is 5.92 Å². The van der Waals surface area contributed by atoms with Gasteiger partial charge in [0.1, 0.15) is 0 Å². The maximum Gasteiger partial charge on any atom is 0.219 e. The Hall–Kier alpha value is -0.900. The van der Waals surface area contributed by atoms with Gasteiger partial charge in [0.2, 0.25) is 11.8 Å². The second kappa shape index (κ2) is 4.53. The Bertz CT molecular complexity index is 340. The van der Waals surface area contributed by atoms with E-state index in [1.807, 2.05) is 0 Å². The maximum absolute atomic E-state index is 5.78. The smallest absolute Gasteiger partial charge is 0.219 e. The molecule has 1 aliphatic heterocycles. The van der Waals surface area contributed by atoms with Crippen molar-refractivity contribution in [1.29, 1.82) is 0 Å². The molecule has 4 heteroatoms. The molecular weight excluding hydrogens is 202 g/mol. The van der Waals surface area contributed by atoms with Crippen LogP contribution in [0.25, 0.3) is 0 Å². The van der Waals surface area contributed by atoms with Gasteiger partial charge in [-0.2, -0.15) is 0 Å². The molecule has 16 heavy (non-hydrogen) atoms. The molecule has 0 bridgehead atoms. The van der Waals surface area contributed by atoms with Crippen LogP contribution in [0.3, 0.4) is 0 Å². The van der Waals surface area contributed by atoms with Gasteiger partial charge < -0.3 is 9.73 Å². The van der Waals surface area contributed by atoms with Crippen LogP contribution in [-0.4, -0.2) is 23.3 Å². The van der Waals surface area contributed by atoms with Crippen LogP contribution in [0.15, 0.2) is 4.42 Å². The fourth-order valence-corrected chi connectivity index (χ4v) is 2.60. The van der Waals surface area contributed by atoms with E-state index in [4.69, 9.17) is 4.42 Å². The van der Waals surface area contributed by atoms with Gasteiger partial charge in [0.25, 0.3) is 0 Å². The first-order chi connectivity index (χ1) is 7.92. The molecule has 1 N–H and O–H groups in total. The van der Waals surface area contributed by atoms with Crippen LogP contribution in [-0.2, 0) is 6.42 Å². The molecule has 1 aliphatic carbocycles. The molecule has 0 amide bonds. The van der Waals surface area contributed by atoms with Crippen LogP contribution in [0.1, 0.15) is 49.8 Å². The van der Waals surface area contributed by atoms with Gasteiger partial charge in [0.05, 0.1) is 0 Å². The molecule has 2 aliphatic rings. The summed E-state index contributed by atoms with van der Waals surface area (Å²) in [6.07, 6.45) is 7.40. The van der Waals surface area contributed by atoms with E-state index in [9.17, 15) is 0 Å². The molecule has 0 atom stereocenters. The van der Waals surface area contributed by atoms with Gasteiger partial charge in [-0.1, -0.05) is 19.3 Å². The zero-order valence-corrected chi connectivity index (χ0v) is 9.61. The molecule has 0 radical (unpaired) electrons. The van der Waals surface area contributed by atoms with Crippen LogP contribution in [0.4, 0.5) is 0 Å². The van der Waals surface area contributed by atoms with E-state index in [0.29, 0.717) is 11.8 Å². The number of aromatic nitrogens is 2. The fraction of sp³-hybridized carbons (Fsp3) is 0.833.